The number of unbranched alkanes of at least 4 members (excludes halogenated alkanes) is 1. The van der Waals surface area contributed by atoms with Gasteiger partial charge in [0.15, 0.2) is 0 Å². The van der Waals surface area contributed by atoms with E-state index in [0.717, 1.165) is 37.8 Å². The highest BCUT2D eigenvalue weighted by Gasteiger charge is 2.04. The van der Waals surface area contributed by atoms with E-state index in [0.29, 0.717) is 0 Å². The molecule has 0 aliphatic heterocycles. The van der Waals surface area contributed by atoms with Gasteiger partial charge >= 0.3 is 0 Å². The van der Waals surface area contributed by atoms with Crippen molar-refractivity contribution in [3.63, 3.8) is 0 Å². The highest BCUT2D eigenvalue weighted by Crippen LogP contribution is 2.09. The Morgan fingerprint density at radius 3 is 2.67 bits per heavy atom. The van der Waals surface area contributed by atoms with Gasteiger partial charge in [0.25, 0.3) is 0 Å². The lowest BCUT2D eigenvalue weighted by molar-refractivity contribution is 0.425. The molecular weight excluding hydrogens is 226 g/mol. The SMILES string of the molecule is CCCCN(C)c1nccc(NCCN(C)C)n1. The zero-order valence-corrected chi connectivity index (χ0v) is 12.0. The number of anilines is 2. The van der Waals surface area contributed by atoms with Gasteiger partial charge < -0.3 is 15.1 Å². The fraction of sp³-hybridized carbons (Fsp3) is 0.692. The molecule has 1 aromatic rings. The van der Waals surface area contributed by atoms with Gasteiger partial charge in [0.05, 0.1) is 0 Å². The summed E-state index contributed by atoms with van der Waals surface area (Å²) < 4.78 is 0. The number of nitrogens with zero attached hydrogens (tertiary/aromatic N) is 4. The van der Waals surface area contributed by atoms with E-state index in [1.807, 2.05) is 19.3 Å². The summed E-state index contributed by atoms with van der Waals surface area (Å²) in [6.45, 7) is 5.07. The quantitative estimate of drug-likeness (QED) is 0.761. The molecule has 0 amide bonds. The fourth-order valence-electron chi connectivity index (χ4n) is 1.53. The fourth-order valence-corrected chi connectivity index (χ4v) is 1.53. The molecule has 5 nitrogen and oxygen atoms in total. The Morgan fingerprint density at radius 2 is 2.00 bits per heavy atom. The molecule has 1 aromatic heterocycles. The van der Waals surface area contributed by atoms with E-state index in [1.165, 1.54) is 6.42 Å². The Bertz CT molecular complexity index is 340. The Hall–Kier alpha value is -1.36. The molecule has 0 aromatic carbocycles. The van der Waals surface area contributed by atoms with Crippen LogP contribution in [0.15, 0.2) is 12.3 Å². The monoisotopic (exact) mass is 251 g/mol. The third-order valence-electron chi connectivity index (χ3n) is 2.70. The predicted octanol–water partition coefficient (Wildman–Crippen LogP) is 1.69. The minimum Gasteiger partial charge on any atom is -0.369 e. The maximum atomic E-state index is 4.51. The molecule has 102 valence electrons. The first-order valence-electron chi connectivity index (χ1n) is 6.56. The molecule has 0 unspecified atom stereocenters. The Morgan fingerprint density at radius 1 is 1.22 bits per heavy atom. The number of rotatable bonds is 8. The van der Waals surface area contributed by atoms with Crippen molar-refractivity contribution in [3.8, 4) is 0 Å². The Labute approximate surface area is 110 Å². The number of hydrogen-bond donors (Lipinski definition) is 1. The van der Waals surface area contributed by atoms with Gasteiger partial charge in [-0.2, -0.15) is 4.98 Å². The summed E-state index contributed by atoms with van der Waals surface area (Å²) in [7, 11) is 6.16. The Kier molecular flexibility index (Phi) is 6.43. The normalized spacial score (nSPS) is 10.7. The lowest BCUT2D eigenvalue weighted by Gasteiger charge is -2.17. The van der Waals surface area contributed by atoms with Crippen molar-refractivity contribution in [1.29, 1.82) is 0 Å². The maximum Gasteiger partial charge on any atom is 0.226 e. The largest absolute Gasteiger partial charge is 0.369 e. The van der Waals surface area contributed by atoms with Gasteiger partial charge in [0.2, 0.25) is 5.95 Å². The average molecular weight is 251 g/mol. The minimum absolute atomic E-state index is 0.790. The van der Waals surface area contributed by atoms with Gasteiger partial charge in [-0.25, -0.2) is 4.98 Å². The second-order valence-corrected chi connectivity index (χ2v) is 4.75. The first kappa shape index (κ1) is 14.7. The molecule has 1 heterocycles. The van der Waals surface area contributed by atoms with Gasteiger partial charge in [-0.05, 0) is 26.6 Å². The van der Waals surface area contributed by atoms with Crippen LogP contribution >= 0.6 is 0 Å². The van der Waals surface area contributed by atoms with Crippen LogP contribution in [0.5, 0.6) is 0 Å². The van der Waals surface area contributed by atoms with Crippen molar-refractivity contribution in [1.82, 2.24) is 14.9 Å². The van der Waals surface area contributed by atoms with Crippen molar-refractivity contribution in [2.24, 2.45) is 0 Å². The van der Waals surface area contributed by atoms with Crippen LogP contribution < -0.4 is 10.2 Å². The van der Waals surface area contributed by atoms with Crippen LogP contribution in [-0.2, 0) is 0 Å². The smallest absolute Gasteiger partial charge is 0.226 e. The molecular formula is C13H25N5. The molecule has 0 atom stereocenters. The lowest BCUT2D eigenvalue weighted by atomic mass is 10.3. The van der Waals surface area contributed by atoms with E-state index in [4.69, 9.17) is 0 Å². The van der Waals surface area contributed by atoms with E-state index in [-0.39, 0.29) is 0 Å². The summed E-state index contributed by atoms with van der Waals surface area (Å²) in [5.74, 6) is 1.68. The topological polar surface area (TPSA) is 44.3 Å². The van der Waals surface area contributed by atoms with Crippen LogP contribution in [0.4, 0.5) is 11.8 Å². The van der Waals surface area contributed by atoms with Crippen LogP contribution in [0.1, 0.15) is 19.8 Å². The standard InChI is InChI=1S/C13H25N5/c1-5-6-10-18(4)13-15-8-7-12(16-13)14-9-11-17(2)3/h7-8H,5-6,9-11H2,1-4H3,(H,14,15,16). The van der Waals surface area contributed by atoms with Crippen LogP contribution in [0.25, 0.3) is 0 Å². The van der Waals surface area contributed by atoms with Crippen LogP contribution in [0.3, 0.4) is 0 Å². The Balaban J connectivity index is 2.50. The van der Waals surface area contributed by atoms with Crippen LogP contribution in [-0.4, -0.2) is 55.6 Å². The zero-order chi connectivity index (χ0) is 13.4. The van der Waals surface area contributed by atoms with Gasteiger partial charge in [0, 0.05) is 32.9 Å². The highest BCUT2D eigenvalue weighted by atomic mass is 15.2. The number of nitrogens with one attached hydrogen (secondary N) is 1. The minimum atomic E-state index is 0.790. The van der Waals surface area contributed by atoms with Crippen LogP contribution in [0.2, 0.25) is 0 Å². The molecule has 0 radical (unpaired) electrons. The molecule has 0 saturated carbocycles. The van der Waals surface area contributed by atoms with Gasteiger partial charge in [-0.1, -0.05) is 13.3 Å². The second-order valence-electron chi connectivity index (χ2n) is 4.75. The first-order valence-corrected chi connectivity index (χ1v) is 6.56. The van der Waals surface area contributed by atoms with E-state index in [2.05, 4.69) is 46.1 Å². The van der Waals surface area contributed by atoms with Crippen molar-refractivity contribution in [2.45, 2.75) is 19.8 Å². The third kappa shape index (κ3) is 5.31. The number of likely N-dealkylation sites (N-methyl/N-ethyl adjacent to an activating group) is 1. The highest BCUT2D eigenvalue weighted by molar-refractivity contribution is 5.40. The van der Waals surface area contributed by atoms with Crippen molar-refractivity contribution in [3.05, 3.63) is 12.3 Å². The summed E-state index contributed by atoms with van der Waals surface area (Å²) in [6.07, 6.45) is 4.16. The molecule has 0 spiro atoms. The molecule has 0 bridgehead atoms. The maximum absolute atomic E-state index is 4.51. The molecule has 0 aliphatic rings. The van der Waals surface area contributed by atoms with Crippen molar-refractivity contribution in [2.75, 3.05) is 51.0 Å². The van der Waals surface area contributed by atoms with E-state index >= 15 is 0 Å². The molecule has 0 aliphatic carbocycles. The number of hydrogen-bond acceptors (Lipinski definition) is 5. The van der Waals surface area contributed by atoms with Crippen LogP contribution in [0, 0.1) is 0 Å². The third-order valence-corrected chi connectivity index (χ3v) is 2.70. The lowest BCUT2D eigenvalue weighted by Crippen LogP contribution is -2.23. The van der Waals surface area contributed by atoms with Crippen molar-refractivity contribution >= 4 is 11.8 Å². The summed E-state index contributed by atoms with van der Waals surface area (Å²) in [6, 6.07) is 1.91. The van der Waals surface area contributed by atoms with Gasteiger partial charge in [0.1, 0.15) is 5.82 Å². The molecule has 5 heteroatoms. The van der Waals surface area contributed by atoms with Gasteiger partial charge in [-0.15, -0.1) is 0 Å². The second kappa shape index (κ2) is 7.87. The zero-order valence-electron chi connectivity index (χ0n) is 12.0. The average Bonchev–Trinajstić information content (AvgIpc) is 2.36. The number of aromatic nitrogens is 2. The summed E-state index contributed by atoms with van der Waals surface area (Å²) in [4.78, 5) is 13.0. The molecule has 0 saturated heterocycles. The molecule has 1 N–H and O–H groups in total. The molecule has 1 rings (SSSR count). The summed E-state index contributed by atoms with van der Waals surface area (Å²) in [5.41, 5.74) is 0. The molecule has 0 fully saturated rings. The predicted molar refractivity (Wildman–Crippen MR) is 77.3 cm³/mol. The van der Waals surface area contributed by atoms with E-state index in [1.54, 1.807) is 0 Å². The van der Waals surface area contributed by atoms with E-state index < -0.39 is 0 Å². The molecule has 18 heavy (non-hydrogen) atoms. The summed E-state index contributed by atoms with van der Waals surface area (Å²) in [5, 5.41) is 3.31. The van der Waals surface area contributed by atoms with Gasteiger partial charge in [-0.3, -0.25) is 0 Å². The first-order chi connectivity index (χ1) is 8.63. The van der Waals surface area contributed by atoms with Crippen molar-refractivity contribution < 1.29 is 0 Å². The van der Waals surface area contributed by atoms with E-state index in [9.17, 15) is 0 Å². The summed E-state index contributed by atoms with van der Waals surface area (Å²) >= 11 is 0.